The lowest BCUT2D eigenvalue weighted by Crippen LogP contribution is -2.37. The molecule has 0 unspecified atom stereocenters. The zero-order valence-corrected chi connectivity index (χ0v) is 16.1. The van der Waals surface area contributed by atoms with Crippen molar-refractivity contribution < 1.29 is 4.74 Å². The molecule has 0 bridgehead atoms. The molecule has 0 spiro atoms. The van der Waals surface area contributed by atoms with Gasteiger partial charge in [0.1, 0.15) is 0 Å². The van der Waals surface area contributed by atoms with Gasteiger partial charge in [-0.1, -0.05) is 30.3 Å². The summed E-state index contributed by atoms with van der Waals surface area (Å²) >= 11 is 1.82. The lowest BCUT2D eigenvalue weighted by molar-refractivity contribution is 0.133. The second-order valence-electron chi connectivity index (χ2n) is 5.92. The smallest absolute Gasteiger partial charge is 0.191 e. The summed E-state index contributed by atoms with van der Waals surface area (Å²) in [5, 5.41) is 6.70. The van der Waals surface area contributed by atoms with Crippen molar-refractivity contribution in [2.45, 2.75) is 32.7 Å². The van der Waals surface area contributed by atoms with E-state index in [2.05, 4.69) is 58.9 Å². The van der Waals surface area contributed by atoms with Gasteiger partial charge in [-0.3, -0.25) is 4.99 Å². The molecule has 1 aromatic heterocycles. The Morgan fingerprint density at radius 2 is 1.88 bits per heavy atom. The van der Waals surface area contributed by atoms with Crippen molar-refractivity contribution in [3.63, 3.8) is 0 Å². The summed E-state index contributed by atoms with van der Waals surface area (Å²) < 4.78 is 5.71. The number of aliphatic imine (C=N–C) groups is 1. The molecule has 2 aromatic rings. The molecule has 2 N–H and O–H groups in total. The van der Waals surface area contributed by atoms with Crippen molar-refractivity contribution >= 4 is 17.3 Å². The molecule has 1 heterocycles. The van der Waals surface area contributed by atoms with Crippen LogP contribution < -0.4 is 10.6 Å². The first-order valence-electron chi connectivity index (χ1n) is 8.89. The summed E-state index contributed by atoms with van der Waals surface area (Å²) in [7, 11) is 1.81. The summed E-state index contributed by atoms with van der Waals surface area (Å²) in [5.74, 6) is 0.857. The number of unbranched alkanes of at least 4 members (excludes halogenated alkanes) is 1. The van der Waals surface area contributed by atoms with Crippen LogP contribution in [0.25, 0.3) is 0 Å². The maximum Gasteiger partial charge on any atom is 0.191 e. The normalized spacial score (nSPS) is 11.5. The topological polar surface area (TPSA) is 45.7 Å². The van der Waals surface area contributed by atoms with Gasteiger partial charge in [-0.15, -0.1) is 11.3 Å². The Morgan fingerprint density at radius 3 is 2.60 bits per heavy atom. The second-order valence-corrected chi connectivity index (χ2v) is 7.29. The van der Waals surface area contributed by atoms with E-state index in [1.807, 2.05) is 24.5 Å². The fourth-order valence-electron chi connectivity index (χ4n) is 2.44. The van der Waals surface area contributed by atoms with Gasteiger partial charge in [0.25, 0.3) is 0 Å². The van der Waals surface area contributed by atoms with Crippen molar-refractivity contribution in [2.75, 3.05) is 26.8 Å². The molecule has 1 aromatic carbocycles. The fraction of sp³-hybridized carbons (Fsp3) is 0.450. The van der Waals surface area contributed by atoms with E-state index in [4.69, 9.17) is 4.74 Å². The van der Waals surface area contributed by atoms with Crippen LogP contribution in [0, 0.1) is 6.92 Å². The van der Waals surface area contributed by atoms with Crippen LogP contribution in [0.2, 0.25) is 0 Å². The first kappa shape index (κ1) is 19.5. The Kier molecular flexibility index (Phi) is 9.08. The van der Waals surface area contributed by atoms with Crippen molar-refractivity contribution in [1.29, 1.82) is 0 Å². The van der Waals surface area contributed by atoms with Crippen LogP contribution in [0.15, 0.2) is 47.5 Å². The number of benzene rings is 1. The molecule has 0 aliphatic carbocycles. The Labute approximate surface area is 155 Å². The van der Waals surface area contributed by atoms with E-state index < -0.39 is 0 Å². The minimum atomic E-state index is 0.793. The minimum Gasteiger partial charge on any atom is -0.381 e. The van der Waals surface area contributed by atoms with Gasteiger partial charge in [-0.2, -0.15) is 0 Å². The molecule has 0 radical (unpaired) electrons. The first-order valence-corrected chi connectivity index (χ1v) is 9.71. The molecular formula is C20H29N3OS. The predicted octanol–water partition coefficient (Wildman–Crippen LogP) is 3.76. The number of hydrogen-bond donors (Lipinski definition) is 2. The second kappa shape index (κ2) is 11.7. The molecule has 0 saturated heterocycles. The maximum atomic E-state index is 5.71. The summed E-state index contributed by atoms with van der Waals surface area (Å²) in [6.07, 6.45) is 3.12. The monoisotopic (exact) mass is 359 g/mol. The molecule has 5 heteroatoms. The zero-order chi connectivity index (χ0) is 17.7. The highest BCUT2D eigenvalue weighted by atomic mass is 32.1. The highest BCUT2D eigenvalue weighted by molar-refractivity contribution is 7.11. The average Bonchev–Trinajstić information content (AvgIpc) is 3.06. The Bertz CT molecular complexity index is 625. The summed E-state index contributed by atoms with van der Waals surface area (Å²) in [6, 6.07) is 14.8. The van der Waals surface area contributed by atoms with Crippen LogP contribution >= 0.6 is 11.3 Å². The highest BCUT2D eigenvalue weighted by Gasteiger charge is 2.00. The van der Waals surface area contributed by atoms with E-state index in [0.29, 0.717) is 0 Å². The van der Waals surface area contributed by atoms with Crippen molar-refractivity contribution in [3.8, 4) is 0 Å². The Balaban J connectivity index is 1.47. The molecule has 0 saturated carbocycles. The first-order chi connectivity index (χ1) is 12.3. The van der Waals surface area contributed by atoms with Gasteiger partial charge in [0, 0.05) is 30.0 Å². The van der Waals surface area contributed by atoms with Crippen molar-refractivity contribution in [1.82, 2.24) is 10.6 Å². The number of nitrogens with zero attached hydrogens (tertiary/aromatic N) is 1. The number of guanidine groups is 1. The third kappa shape index (κ3) is 8.18. The molecule has 0 fully saturated rings. The summed E-state index contributed by atoms with van der Waals surface area (Å²) in [6.45, 7) is 5.46. The van der Waals surface area contributed by atoms with Gasteiger partial charge in [0.05, 0.1) is 13.2 Å². The van der Waals surface area contributed by atoms with Crippen LogP contribution in [-0.4, -0.2) is 32.8 Å². The van der Waals surface area contributed by atoms with E-state index in [1.165, 1.54) is 15.3 Å². The summed E-state index contributed by atoms with van der Waals surface area (Å²) in [4.78, 5) is 6.92. The van der Waals surface area contributed by atoms with Crippen LogP contribution in [0.5, 0.6) is 0 Å². The van der Waals surface area contributed by atoms with Crippen molar-refractivity contribution in [3.05, 3.63) is 57.8 Å². The van der Waals surface area contributed by atoms with Gasteiger partial charge in [0.15, 0.2) is 5.96 Å². The number of rotatable bonds is 10. The number of thiophene rings is 1. The number of aryl methyl sites for hydroxylation is 1. The third-order valence-electron chi connectivity index (χ3n) is 3.84. The quantitative estimate of drug-likeness (QED) is 0.386. The van der Waals surface area contributed by atoms with Gasteiger partial charge in [-0.25, -0.2) is 0 Å². The van der Waals surface area contributed by atoms with Crippen LogP contribution in [0.4, 0.5) is 0 Å². The zero-order valence-electron chi connectivity index (χ0n) is 15.3. The van der Waals surface area contributed by atoms with E-state index >= 15 is 0 Å². The van der Waals surface area contributed by atoms with Gasteiger partial charge in [-0.05, 0) is 43.9 Å². The average molecular weight is 360 g/mol. The molecule has 4 nitrogen and oxygen atoms in total. The molecule has 25 heavy (non-hydrogen) atoms. The molecule has 0 aliphatic rings. The van der Waals surface area contributed by atoms with Crippen LogP contribution in [0.1, 0.15) is 28.2 Å². The largest absolute Gasteiger partial charge is 0.381 e. The molecule has 0 atom stereocenters. The summed E-state index contributed by atoms with van der Waals surface area (Å²) in [5.41, 5.74) is 1.33. The molecule has 0 aliphatic heterocycles. The van der Waals surface area contributed by atoms with Gasteiger partial charge in [0.2, 0.25) is 0 Å². The Morgan fingerprint density at radius 1 is 1.04 bits per heavy atom. The highest BCUT2D eigenvalue weighted by Crippen LogP contribution is 2.14. The number of ether oxygens (including phenoxy) is 1. The lowest BCUT2D eigenvalue weighted by atomic mass is 10.2. The molecule has 136 valence electrons. The molecule has 2 rings (SSSR count). The predicted molar refractivity (Wildman–Crippen MR) is 107 cm³/mol. The molecular weight excluding hydrogens is 330 g/mol. The van der Waals surface area contributed by atoms with Crippen LogP contribution in [-0.2, 0) is 17.7 Å². The fourth-order valence-corrected chi connectivity index (χ4v) is 3.27. The van der Waals surface area contributed by atoms with Gasteiger partial charge >= 0.3 is 0 Å². The maximum absolute atomic E-state index is 5.71. The standard InChI is InChI=1S/C20H29N3OS/c1-17-10-11-19(25-17)16-23-20(21-2)22-13-6-7-14-24-15-12-18-8-4-3-5-9-18/h3-5,8-11H,6-7,12-16H2,1-2H3,(H2,21,22,23). The van der Waals surface area contributed by atoms with Gasteiger partial charge < -0.3 is 15.4 Å². The van der Waals surface area contributed by atoms with Crippen LogP contribution in [0.3, 0.4) is 0 Å². The van der Waals surface area contributed by atoms with E-state index in [1.54, 1.807) is 0 Å². The SMILES string of the molecule is CN=C(NCCCCOCCc1ccccc1)NCc1ccc(C)s1. The minimum absolute atomic E-state index is 0.793. The van der Waals surface area contributed by atoms with Crippen molar-refractivity contribution in [2.24, 2.45) is 4.99 Å². The van der Waals surface area contributed by atoms with E-state index in [-0.39, 0.29) is 0 Å². The number of hydrogen-bond acceptors (Lipinski definition) is 3. The van der Waals surface area contributed by atoms with E-state index in [9.17, 15) is 0 Å². The third-order valence-corrected chi connectivity index (χ3v) is 4.84. The molecule has 0 amide bonds. The van der Waals surface area contributed by atoms with E-state index in [0.717, 1.165) is 51.5 Å². The Hall–Kier alpha value is -1.85. The lowest BCUT2D eigenvalue weighted by Gasteiger charge is -2.11. The number of nitrogens with one attached hydrogen (secondary N) is 2.